The number of anilines is 1. The van der Waals surface area contributed by atoms with Crippen molar-refractivity contribution >= 4 is 13.6 Å². The summed E-state index contributed by atoms with van der Waals surface area (Å²) in [6.07, 6.45) is -3.84. The quantitative estimate of drug-likeness (QED) is 0.273. The van der Waals surface area contributed by atoms with Crippen LogP contribution in [0, 0.1) is 5.92 Å². The Morgan fingerprint density at radius 3 is 2.63 bits per heavy atom. The van der Waals surface area contributed by atoms with Gasteiger partial charge in [-0.3, -0.25) is 9.09 Å². The second-order valence-corrected chi connectivity index (χ2v) is 8.01. The first kappa shape index (κ1) is 21.9. The molecule has 1 aliphatic heterocycles. The maximum Gasteiger partial charge on any atom is 0.469 e. The van der Waals surface area contributed by atoms with Crippen LogP contribution in [0.2, 0.25) is 0 Å². The molecule has 0 saturated carbocycles. The van der Waals surface area contributed by atoms with Gasteiger partial charge in [0.05, 0.1) is 6.61 Å². The number of ether oxygens (including phenoxy) is 2. The minimum atomic E-state index is -4.82. The normalized spacial score (nSPS) is 30.0. The van der Waals surface area contributed by atoms with Crippen molar-refractivity contribution in [2.24, 2.45) is 5.92 Å². The Bertz CT molecular complexity index is 762. The molecule has 13 heteroatoms. The highest BCUT2D eigenvalue weighted by Gasteiger charge is 2.56. The summed E-state index contributed by atoms with van der Waals surface area (Å²) in [5.74, 6) is -0.373. The van der Waals surface area contributed by atoms with Crippen molar-refractivity contribution in [3.05, 3.63) is 22.7 Å². The van der Waals surface area contributed by atoms with Crippen molar-refractivity contribution in [1.29, 1.82) is 0 Å². The molecular formula is C14H24N3O9P. The third-order valence-electron chi connectivity index (χ3n) is 4.08. The lowest BCUT2D eigenvalue weighted by molar-refractivity contribution is -0.207. The van der Waals surface area contributed by atoms with Crippen LogP contribution in [0.5, 0.6) is 0 Å². The number of phosphoric acid groups is 1. The van der Waals surface area contributed by atoms with Gasteiger partial charge in [-0.1, -0.05) is 13.8 Å². The van der Waals surface area contributed by atoms with Gasteiger partial charge < -0.3 is 35.2 Å². The van der Waals surface area contributed by atoms with Crippen molar-refractivity contribution in [3.8, 4) is 0 Å². The number of hydrogen-bond donors (Lipinski definition) is 5. The van der Waals surface area contributed by atoms with Gasteiger partial charge in [0.2, 0.25) is 0 Å². The molecule has 1 saturated heterocycles. The van der Waals surface area contributed by atoms with Crippen LogP contribution < -0.4 is 11.4 Å². The van der Waals surface area contributed by atoms with Gasteiger partial charge >= 0.3 is 13.5 Å². The molecule has 0 spiro atoms. The summed E-state index contributed by atoms with van der Waals surface area (Å²) in [6, 6.07) is 1.32. The van der Waals surface area contributed by atoms with Gasteiger partial charge in [0.15, 0.2) is 12.5 Å². The molecule has 1 aliphatic rings. The molecule has 0 aliphatic carbocycles. The van der Waals surface area contributed by atoms with Crippen molar-refractivity contribution in [2.45, 2.75) is 51.1 Å². The molecule has 0 aromatic carbocycles. The van der Waals surface area contributed by atoms with Gasteiger partial charge in [0.1, 0.15) is 23.6 Å². The van der Waals surface area contributed by atoms with E-state index >= 15 is 0 Å². The van der Waals surface area contributed by atoms with Crippen LogP contribution in [-0.4, -0.2) is 60.3 Å². The lowest BCUT2D eigenvalue weighted by Crippen LogP contribution is -2.49. The van der Waals surface area contributed by atoms with Crippen molar-refractivity contribution in [1.82, 2.24) is 9.55 Å². The Morgan fingerprint density at radius 2 is 2.11 bits per heavy atom. The topological polar surface area (TPSA) is 187 Å². The number of phosphoric ester groups is 1. The van der Waals surface area contributed by atoms with Crippen LogP contribution in [0.4, 0.5) is 5.82 Å². The summed E-state index contributed by atoms with van der Waals surface area (Å²) >= 11 is 0. The number of aliphatic hydroxyl groups excluding tert-OH is 1. The maximum absolute atomic E-state index is 12.1. The van der Waals surface area contributed by atoms with Crippen LogP contribution in [0.15, 0.2) is 17.1 Å². The third kappa shape index (κ3) is 5.12. The zero-order valence-corrected chi connectivity index (χ0v) is 15.9. The standard InChI is InChI=1S/C14H24N3O9P/c1-7(2)11(18)26-10-8(6-24-27(21,22)23)25-12(14(10,3)20)17-5-4-9(15)16-13(17)19/h4-5,7-8,10-12,18,20H,6H2,1-3H3,(H2,15,16,19)(H2,21,22,23)/t8?,10-,11?,12?,14-/m1/s1. The van der Waals surface area contributed by atoms with Crippen LogP contribution in [0.1, 0.15) is 27.0 Å². The Balaban J connectivity index is 2.37. The average molecular weight is 409 g/mol. The first-order valence-corrected chi connectivity index (χ1v) is 9.62. The molecule has 0 bridgehead atoms. The van der Waals surface area contributed by atoms with Gasteiger partial charge in [-0.2, -0.15) is 4.98 Å². The number of nitrogen functional groups attached to an aromatic ring is 1. The van der Waals surface area contributed by atoms with E-state index in [1.165, 1.54) is 19.2 Å². The third-order valence-corrected chi connectivity index (χ3v) is 4.57. The molecule has 5 atom stereocenters. The molecule has 3 unspecified atom stereocenters. The predicted molar refractivity (Wildman–Crippen MR) is 91.2 cm³/mol. The SMILES string of the molecule is CC(C)C(O)O[C@@H]1C(COP(=O)(O)O)OC(n2ccc(N)nc2=O)[C@]1(C)O. The summed E-state index contributed by atoms with van der Waals surface area (Å²) in [5, 5.41) is 21.0. The fourth-order valence-corrected chi connectivity index (χ4v) is 3.01. The molecule has 1 aromatic heterocycles. The Hall–Kier alpha value is -1.37. The fourth-order valence-electron chi connectivity index (χ4n) is 2.67. The molecule has 1 fully saturated rings. The van der Waals surface area contributed by atoms with E-state index in [4.69, 9.17) is 25.0 Å². The Morgan fingerprint density at radius 1 is 1.48 bits per heavy atom. The van der Waals surface area contributed by atoms with E-state index in [-0.39, 0.29) is 11.7 Å². The van der Waals surface area contributed by atoms with Gasteiger partial charge in [-0.05, 0) is 13.0 Å². The molecular weight excluding hydrogens is 385 g/mol. The van der Waals surface area contributed by atoms with Gasteiger partial charge in [0, 0.05) is 12.1 Å². The Labute approximate surface area is 154 Å². The van der Waals surface area contributed by atoms with Crippen molar-refractivity contribution < 1.29 is 38.6 Å². The summed E-state index contributed by atoms with van der Waals surface area (Å²) in [6.45, 7) is 3.99. The summed E-state index contributed by atoms with van der Waals surface area (Å²) in [4.78, 5) is 33.5. The first-order chi connectivity index (χ1) is 12.3. The Kier molecular flexibility index (Phi) is 6.44. The van der Waals surface area contributed by atoms with Crippen LogP contribution in [0.25, 0.3) is 0 Å². The summed E-state index contributed by atoms with van der Waals surface area (Å²) in [5.41, 5.74) is 2.77. The number of rotatable bonds is 7. The number of nitrogens with two attached hydrogens (primary N) is 1. The highest BCUT2D eigenvalue weighted by molar-refractivity contribution is 7.46. The molecule has 1 aromatic rings. The first-order valence-electron chi connectivity index (χ1n) is 8.09. The molecule has 0 radical (unpaired) electrons. The molecule has 12 nitrogen and oxygen atoms in total. The van der Waals surface area contributed by atoms with E-state index in [1.807, 2.05) is 0 Å². The summed E-state index contributed by atoms with van der Waals surface area (Å²) in [7, 11) is -4.82. The zero-order valence-electron chi connectivity index (χ0n) is 15.0. The zero-order chi connectivity index (χ0) is 20.6. The minimum Gasteiger partial charge on any atom is -0.383 e. The number of aliphatic hydroxyl groups is 2. The number of hydrogen-bond acceptors (Lipinski definition) is 9. The van der Waals surface area contributed by atoms with Crippen LogP contribution in [0.3, 0.4) is 0 Å². The molecule has 2 heterocycles. The number of aromatic nitrogens is 2. The molecule has 0 amide bonds. The van der Waals surface area contributed by atoms with E-state index in [2.05, 4.69) is 9.51 Å². The molecule has 2 rings (SSSR count). The van der Waals surface area contributed by atoms with Crippen molar-refractivity contribution in [3.63, 3.8) is 0 Å². The maximum atomic E-state index is 12.1. The monoisotopic (exact) mass is 409 g/mol. The summed E-state index contributed by atoms with van der Waals surface area (Å²) < 4.78 is 27.5. The molecule has 6 N–H and O–H groups in total. The lowest BCUT2D eigenvalue weighted by Gasteiger charge is -2.32. The van der Waals surface area contributed by atoms with Gasteiger partial charge in [-0.15, -0.1) is 0 Å². The second-order valence-electron chi connectivity index (χ2n) is 6.77. The molecule has 154 valence electrons. The van der Waals surface area contributed by atoms with Crippen LogP contribution >= 0.6 is 7.82 Å². The van der Waals surface area contributed by atoms with E-state index in [1.54, 1.807) is 13.8 Å². The van der Waals surface area contributed by atoms with Gasteiger partial charge in [-0.25, -0.2) is 9.36 Å². The highest BCUT2D eigenvalue weighted by atomic mass is 31.2. The predicted octanol–water partition coefficient (Wildman–Crippen LogP) is -1.06. The smallest absolute Gasteiger partial charge is 0.383 e. The largest absolute Gasteiger partial charge is 0.469 e. The minimum absolute atomic E-state index is 0.0293. The van der Waals surface area contributed by atoms with E-state index < -0.39 is 50.4 Å². The molecule has 27 heavy (non-hydrogen) atoms. The van der Waals surface area contributed by atoms with Gasteiger partial charge in [0.25, 0.3) is 0 Å². The van der Waals surface area contributed by atoms with E-state index in [0.717, 1.165) is 4.57 Å². The van der Waals surface area contributed by atoms with E-state index in [9.17, 15) is 19.6 Å². The average Bonchev–Trinajstić information content (AvgIpc) is 2.76. The van der Waals surface area contributed by atoms with Crippen molar-refractivity contribution in [2.75, 3.05) is 12.3 Å². The lowest BCUT2D eigenvalue weighted by atomic mass is 9.96. The van der Waals surface area contributed by atoms with Crippen LogP contribution in [-0.2, 0) is 18.6 Å². The second kappa shape index (κ2) is 7.94. The highest BCUT2D eigenvalue weighted by Crippen LogP contribution is 2.43. The van der Waals surface area contributed by atoms with E-state index in [0.29, 0.717) is 0 Å². The number of nitrogens with zero attached hydrogens (tertiary/aromatic N) is 2. The fraction of sp³-hybridized carbons (Fsp3) is 0.714.